The predicted octanol–water partition coefficient (Wildman–Crippen LogP) is -0.604. The van der Waals surface area contributed by atoms with Crippen LogP contribution in [0.3, 0.4) is 0 Å². The van der Waals surface area contributed by atoms with Crippen LogP contribution in [0, 0.1) is 0 Å². The van der Waals surface area contributed by atoms with Crippen molar-refractivity contribution < 1.29 is 24.2 Å². The van der Waals surface area contributed by atoms with Gasteiger partial charge in [0.1, 0.15) is 0 Å². The third kappa shape index (κ3) is 5.04. The smallest absolute Gasteiger partial charge is 0.328 e. The van der Waals surface area contributed by atoms with Gasteiger partial charge < -0.3 is 25.4 Å². The van der Waals surface area contributed by atoms with Gasteiger partial charge in [-0.05, 0) is 13.8 Å². The molecule has 1 rings (SSSR count). The van der Waals surface area contributed by atoms with E-state index in [1.165, 1.54) is 4.90 Å². The van der Waals surface area contributed by atoms with E-state index >= 15 is 0 Å². The Kier molecular flexibility index (Phi) is 6.23. The molecule has 8 heteroatoms. The molecule has 1 heterocycles. The number of nitrogens with one attached hydrogen (secondary N) is 2. The second-order valence-corrected chi connectivity index (χ2v) is 4.83. The lowest BCUT2D eigenvalue weighted by atomic mass is 10.2. The van der Waals surface area contributed by atoms with Crippen LogP contribution in [0.1, 0.15) is 20.3 Å². The summed E-state index contributed by atoms with van der Waals surface area (Å²) in [7, 11) is 0. The Balaban J connectivity index is 2.37. The fourth-order valence-corrected chi connectivity index (χ4v) is 1.83. The maximum Gasteiger partial charge on any atom is 0.328 e. The summed E-state index contributed by atoms with van der Waals surface area (Å²) in [5, 5.41) is 14.3. The number of urea groups is 1. The van der Waals surface area contributed by atoms with Gasteiger partial charge in [-0.3, -0.25) is 4.79 Å². The largest absolute Gasteiger partial charge is 0.480 e. The number of morpholine rings is 1. The second-order valence-electron chi connectivity index (χ2n) is 4.83. The number of amides is 3. The quantitative estimate of drug-likeness (QED) is 0.625. The number of carboxylic acids is 1. The van der Waals surface area contributed by atoms with Crippen LogP contribution in [0.5, 0.6) is 0 Å². The summed E-state index contributed by atoms with van der Waals surface area (Å²) in [6.07, 6.45) is 0.159. The van der Waals surface area contributed by atoms with Crippen LogP contribution >= 0.6 is 0 Å². The number of hydrogen-bond acceptors (Lipinski definition) is 4. The summed E-state index contributed by atoms with van der Waals surface area (Å²) in [6, 6.07) is -1.42. The highest BCUT2D eigenvalue weighted by Gasteiger charge is 2.32. The van der Waals surface area contributed by atoms with Crippen molar-refractivity contribution in [1.29, 1.82) is 0 Å². The second kappa shape index (κ2) is 7.68. The molecular formula is C12H21N3O5. The molecule has 8 nitrogen and oxygen atoms in total. The number of carbonyl (C=O) groups is 3. The van der Waals surface area contributed by atoms with E-state index in [1.54, 1.807) is 0 Å². The van der Waals surface area contributed by atoms with Crippen LogP contribution < -0.4 is 10.6 Å². The first-order chi connectivity index (χ1) is 9.41. The van der Waals surface area contributed by atoms with Gasteiger partial charge in [-0.2, -0.15) is 0 Å². The lowest BCUT2D eigenvalue weighted by Gasteiger charge is -2.32. The van der Waals surface area contributed by atoms with Gasteiger partial charge >= 0.3 is 12.0 Å². The molecule has 20 heavy (non-hydrogen) atoms. The third-order valence-electron chi connectivity index (χ3n) is 2.75. The summed E-state index contributed by atoms with van der Waals surface area (Å²) < 4.78 is 5.04. The molecule has 0 aliphatic carbocycles. The van der Waals surface area contributed by atoms with Gasteiger partial charge in [-0.15, -0.1) is 0 Å². The van der Waals surface area contributed by atoms with Crippen molar-refractivity contribution in [2.45, 2.75) is 32.4 Å². The minimum absolute atomic E-state index is 0.0173. The fourth-order valence-electron chi connectivity index (χ4n) is 1.83. The summed E-state index contributed by atoms with van der Waals surface area (Å²) >= 11 is 0. The highest BCUT2D eigenvalue weighted by atomic mass is 16.5. The molecule has 1 aliphatic rings. The molecule has 0 aromatic heterocycles. The molecule has 1 aliphatic heterocycles. The Bertz CT molecular complexity index is 372. The van der Waals surface area contributed by atoms with Gasteiger partial charge in [0.2, 0.25) is 5.91 Å². The fraction of sp³-hybridized carbons (Fsp3) is 0.750. The zero-order valence-electron chi connectivity index (χ0n) is 11.7. The summed E-state index contributed by atoms with van der Waals surface area (Å²) in [6.45, 7) is 4.38. The summed E-state index contributed by atoms with van der Waals surface area (Å²) in [4.78, 5) is 35.5. The molecule has 0 aromatic carbocycles. The van der Waals surface area contributed by atoms with Gasteiger partial charge in [0, 0.05) is 25.6 Å². The SMILES string of the molecule is CC(C)NC(=O)CCNC(=O)N1CCOCC1C(=O)O. The van der Waals surface area contributed by atoms with E-state index in [2.05, 4.69) is 10.6 Å². The highest BCUT2D eigenvalue weighted by Crippen LogP contribution is 2.07. The van der Waals surface area contributed by atoms with Crippen LogP contribution in [-0.2, 0) is 14.3 Å². The Labute approximate surface area is 117 Å². The minimum Gasteiger partial charge on any atom is -0.480 e. The molecule has 0 saturated carbocycles. The Hall–Kier alpha value is -1.83. The van der Waals surface area contributed by atoms with Gasteiger partial charge in [0.15, 0.2) is 6.04 Å². The van der Waals surface area contributed by atoms with Crippen LogP contribution in [0.25, 0.3) is 0 Å². The maximum atomic E-state index is 11.9. The van der Waals surface area contributed by atoms with Crippen molar-refractivity contribution in [2.75, 3.05) is 26.3 Å². The zero-order valence-corrected chi connectivity index (χ0v) is 11.7. The number of hydrogen-bond donors (Lipinski definition) is 3. The first-order valence-electron chi connectivity index (χ1n) is 6.56. The molecule has 1 unspecified atom stereocenters. The van der Waals surface area contributed by atoms with Crippen molar-refractivity contribution >= 4 is 17.9 Å². The number of rotatable bonds is 5. The van der Waals surface area contributed by atoms with Crippen molar-refractivity contribution in [3.8, 4) is 0 Å². The molecule has 0 aromatic rings. The van der Waals surface area contributed by atoms with Gasteiger partial charge in [0.25, 0.3) is 0 Å². The Morgan fingerprint density at radius 3 is 2.70 bits per heavy atom. The zero-order chi connectivity index (χ0) is 15.1. The number of carbonyl (C=O) groups excluding carboxylic acids is 2. The molecule has 3 N–H and O–H groups in total. The lowest BCUT2D eigenvalue weighted by Crippen LogP contribution is -2.55. The minimum atomic E-state index is -1.10. The molecule has 0 spiro atoms. The van der Waals surface area contributed by atoms with Crippen molar-refractivity contribution in [2.24, 2.45) is 0 Å². The Morgan fingerprint density at radius 1 is 1.40 bits per heavy atom. The van der Waals surface area contributed by atoms with E-state index in [4.69, 9.17) is 9.84 Å². The van der Waals surface area contributed by atoms with Crippen LogP contribution in [0.2, 0.25) is 0 Å². The first-order valence-corrected chi connectivity index (χ1v) is 6.56. The van der Waals surface area contributed by atoms with E-state index in [1.807, 2.05) is 13.8 Å². The first kappa shape index (κ1) is 16.2. The molecule has 1 atom stereocenters. The topological polar surface area (TPSA) is 108 Å². The van der Waals surface area contributed by atoms with Crippen LogP contribution in [0.4, 0.5) is 4.79 Å². The standard InChI is InChI=1S/C12H21N3O5/c1-8(2)14-10(16)3-4-13-12(19)15-5-6-20-7-9(15)11(17)18/h8-9H,3-7H2,1-2H3,(H,13,19)(H,14,16)(H,17,18). The lowest BCUT2D eigenvalue weighted by molar-refractivity contribution is -0.147. The average Bonchev–Trinajstić information content (AvgIpc) is 2.37. The molecule has 1 saturated heterocycles. The predicted molar refractivity (Wildman–Crippen MR) is 70.2 cm³/mol. The van der Waals surface area contributed by atoms with E-state index in [0.717, 1.165) is 0 Å². The summed E-state index contributed by atoms with van der Waals surface area (Å²) in [5.41, 5.74) is 0. The van der Waals surface area contributed by atoms with E-state index in [-0.39, 0.29) is 38.1 Å². The molecule has 114 valence electrons. The third-order valence-corrected chi connectivity index (χ3v) is 2.75. The van der Waals surface area contributed by atoms with Crippen LogP contribution in [-0.4, -0.2) is 66.3 Å². The molecule has 0 bridgehead atoms. The molecule has 0 radical (unpaired) electrons. The maximum absolute atomic E-state index is 11.9. The highest BCUT2D eigenvalue weighted by molar-refractivity contribution is 5.83. The van der Waals surface area contributed by atoms with E-state index < -0.39 is 18.0 Å². The van der Waals surface area contributed by atoms with Crippen molar-refractivity contribution in [3.63, 3.8) is 0 Å². The summed E-state index contributed by atoms with van der Waals surface area (Å²) in [5.74, 6) is -1.26. The van der Waals surface area contributed by atoms with E-state index in [0.29, 0.717) is 6.61 Å². The van der Waals surface area contributed by atoms with Crippen molar-refractivity contribution in [3.05, 3.63) is 0 Å². The van der Waals surface area contributed by atoms with Crippen LogP contribution in [0.15, 0.2) is 0 Å². The van der Waals surface area contributed by atoms with Gasteiger partial charge in [0.05, 0.1) is 13.2 Å². The van der Waals surface area contributed by atoms with E-state index in [9.17, 15) is 14.4 Å². The molecule has 3 amide bonds. The number of nitrogens with zero attached hydrogens (tertiary/aromatic N) is 1. The molecular weight excluding hydrogens is 266 g/mol. The number of carboxylic acid groups (broad SMARTS) is 1. The average molecular weight is 287 g/mol. The molecule has 1 fully saturated rings. The number of aliphatic carboxylic acids is 1. The Morgan fingerprint density at radius 2 is 2.10 bits per heavy atom. The van der Waals surface area contributed by atoms with Crippen molar-refractivity contribution in [1.82, 2.24) is 15.5 Å². The normalized spacial score (nSPS) is 18.8. The number of ether oxygens (including phenoxy) is 1. The van der Waals surface area contributed by atoms with Gasteiger partial charge in [-0.25, -0.2) is 9.59 Å². The monoisotopic (exact) mass is 287 g/mol. The van der Waals surface area contributed by atoms with Gasteiger partial charge in [-0.1, -0.05) is 0 Å².